The fourth-order valence-corrected chi connectivity index (χ4v) is 2.45. The van der Waals surface area contributed by atoms with Crippen molar-refractivity contribution in [2.45, 2.75) is 0 Å². The van der Waals surface area contributed by atoms with E-state index in [9.17, 15) is 4.79 Å². The molecule has 2 aliphatic heterocycles. The van der Waals surface area contributed by atoms with Crippen molar-refractivity contribution in [2.24, 2.45) is 4.99 Å². The smallest absolute Gasteiger partial charge is 0.363 e. The van der Waals surface area contributed by atoms with Crippen LogP contribution in [0, 0.1) is 0 Å². The zero-order valence-electron chi connectivity index (χ0n) is 12.8. The van der Waals surface area contributed by atoms with Crippen LogP contribution in [0.15, 0.2) is 53.2 Å². The molecule has 0 aliphatic carbocycles. The molecule has 6 heteroatoms. The van der Waals surface area contributed by atoms with Crippen LogP contribution in [0.1, 0.15) is 11.1 Å². The van der Waals surface area contributed by atoms with Gasteiger partial charge in [-0.2, -0.15) is 0 Å². The van der Waals surface area contributed by atoms with Crippen LogP contribution in [0.2, 0.25) is 0 Å². The van der Waals surface area contributed by atoms with E-state index in [0.29, 0.717) is 22.8 Å². The highest BCUT2D eigenvalue weighted by molar-refractivity contribution is 6.13. The Hall–Kier alpha value is -3.28. The summed E-state index contributed by atoms with van der Waals surface area (Å²) in [5, 5.41) is 0. The van der Waals surface area contributed by atoms with Crippen molar-refractivity contribution < 1.29 is 23.7 Å². The van der Waals surface area contributed by atoms with Gasteiger partial charge in [0.2, 0.25) is 12.7 Å². The van der Waals surface area contributed by atoms with Gasteiger partial charge in [-0.05, 0) is 42.0 Å². The van der Waals surface area contributed by atoms with Crippen molar-refractivity contribution >= 4 is 17.9 Å². The summed E-state index contributed by atoms with van der Waals surface area (Å²) in [6.07, 6.45) is 1.66. The largest absolute Gasteiger partial charge is 0.497 e. The Labute approximate surface area is 137 Å². The van der Waals surface area contributed by atoms with E-state index in [1.54, 1.807) is 31.4 Å². The van der Waals surface area contributed by atoms with Crippen LogP contribution in [0.3, 0.4) is 0 Å². The summed E-state index contributed by atoms with van der Waals surface area (Å²) in [4.78, 5) is 16.3. The van der Waals surface area contributed by atoms with Crippen LogP contribution in [0.5, 0.6) is 17.2 Å². The van der Waals surface area contributed by atoms with Crippen molar-refractivity contribution in [3.05, 3.63) is 59.3 Å². The first kappa shape index (κ1) is 14.3. The van der Waals surface area contributed by atoms with Crippen LogP contribution in [0.25, 0.3) is 6.08 Å². The fraction of sp³-hybridized carbons (Fsp3) is 0.111. The van der Waals surface area contributed by atoms with Gasteiger partial charge in [-0.25, -0.2) is 9.79 Å². The highest BCUT2D eigenvalue weighted by Crippen LogP contribution is 2.33. The molecule has 2 aromatic rings. The van der Waals surface area contributed by atoms with E-state index in [0.717, 1.165) is 5.56 Å². The molecule has 2 aromatic carbocycles. The second-order valence-corrected chi connectivity index (χ2v) is 5.18. The number of esters is 1. The van der Waals surface area contributed by atoms with E-state index in [-0.39, 0.29) is 18.4 Å². The van der Waals surface area contributed by atoms with E-state index >= 15 is 0 Å². The van der Waals surface area contributed by atoms with Crippen molar-refractivity contribution in [2.75, 3.05) is 13.9 Å². The number of cyclic esters (lactones) is 1. The lowest BCUT2D eigenvalue weighted by atomic mass is 10.2. The van der Waals surface area contributed by atoms with Gasteiger partial charge in [0.15, 0.2) is 17.2 Å². The van der Waals surface area contributed by atoms with E-state index in [1.807, 2.05) is 24.3 Å². The van der Waals surface area contributed by atoms with Crippen LogP contribution < -0.4 is 14.2 Å². The van der Waals surface area contributed by atoms with Gasteiger partial charge in [-0.15, -0.1) is 0 Å². The number of methoxy groups -OCH3 is 1. The maximum Gasteiger partial charge on any atom is 0.363 e. The van der Waals surface area contributed by atoms with Crippen LogP contribution in [0.4, 0.5) is 0 Å². The predicted octanol–water partition coefficient (Wildman–Crippen LogP) is 2.77. The maximum atomic E-state index is 12.1. The number of aliphatic imine (C=N–C) groups is 1. The van der Waals surface area contributed by atoms with Gasteiger partial charge in [-0.3, -0.25) is 0 Å². The Morgan fingerprint density at radius 1 is 1.12 bits per heavy atom. The molecule has 24 heavy (non-hydrogen) atoms. The quantitative estimate of drug-likeness (QED) is 0.642. The number of carbonyl (C=O) groups is 1. The number of hydrogen-bond donors (Lipinski definition) is 0. The SMILES string of the molecule is COc1cccc(C=C2N=C(c3ccc4c(c3)OCO4)OC2=O)c1. The molecule has 120 valence electrons. The molecule has 0 aromatic heterocycles. The molecule has 0 saturated carbocycles. The topological polar surface area (TPSA) is 66.3 Å². The van der Waals surface area contributed by atoms with Crippen molar-refractivity contribution in [3.8, 4) is 17.2 Å². The lowest BCUT2D eigenvalue weighted by Gasteiger charge is -2.01. The van der Waals surface area contributed by atoms with Gasteiger partial charge in [0.25, 0.3) is 0 Å². The molecule has 0 amide bonds. The number of rotatable bonds is 3. The number of benzene rings is 2. The van der Waals surface area contributed by atoms with Crippen molar-refractivity contribution in [1.29, 1.82) is 0 Å². The second kappa shape index (κ2) is 5.73. The summed E-state index contributed by atoms with van der Waals surface area (Å²) >= 11 is 0. The molecule has 0 bridgehead atoms. The van der Waals surface area contributed by atoms with Crippen LogP contribution >= 0.6 is 0 Å². The zero-order valence-corrected chi connectivity index (χ0v) is 12.8. The van der Waals surface area contributed by atoms with Crippen LogP contribution in [-0.4, -0.2) is 25.8 Å². The zero-order chi connectivity index (χ0) is 16.5. The Kier molecular flexibility index (Phi) is 3.42. The van der Waals surface area contributed by atoms with Crippen molar-refractivity contribution in [1.82, 2.24) is 0 Å². The molecular formula is C18H13NO5. The predicted molar refractivity (Wildman–Crippen MR) is 86.2 cm³/mol. The molecule has 0 fully saturated rings. The van der Waals surface area contributed by atoms with Gasteiger partial charge < -0.3 is 18.9 Å². The summed E-state index contributed by atoms with van der Waals surface area (Å²) in [5.74, 6) is 1.72. The Morgan fingerprint density at radius 2 is 2.00 bits per heavy atom. The molecule has 0 spiro atoms. The van der Waals surface area contributed by atoms with Crippen molar-refractivity contribution in [3.63, 3.8) is 0 Å². The molecule has 2 aliphatic rings. The monoisotopic (exact) mass is 323 g/mol. The van der Waals surface area contributed by atoms with Gasteiger partial charge >= 0.3 is 5.97 Å². The molecule has 4 rings (SSSR count). The van der Waals surface area contributed by atoms with E-state index in [1.165, 1.54) is 0 Å². The minimum atomic E-state index is -0.495. The molecule has 0 unspecified atom stereocenters. The fourth-order valence-electron chi connectivity index (χ4n) is 2.45. The highest BCUT2D eigenvalue weighted by Gasteiger charge is 2.25. The lowest BCUT2D eigenvalue weighted by Crippen LogP contribution is -2.05. The Bertz CT molecular complexity index is 885. The first-order valence-corrected chi connectivity index (χ1v) is 7.29. The Morgan fingerprint density at radius 3 is 2.88 bits per heavy atom. The summed E-state index contributed by atoms with van der Waals surface area (Å²) < 4.78 is 21.0. The van der Waals surface area contributed by atoms with E-state index < -0.39 is 5.97 Å². The average molecular weight is 323 g/mol. The minimum absolute atomic E-state index is 0.187. The summed E-state index contributed by atoms with van der Waals surface area (Å²) in [6, 6.07) is 12.6. The minimum Gasteiger partial charge on any atom is -0.497 e. The second-order valence-electron chi connectivity index (χ2n) is 5.18. The maximum absolute atomic E-state index is 12.1. The molecule has 0 N–H and O–H groups in total. The van der Waals surface area contributed by atoms with E-state index in [2.05, 4.69) is 4.99 Å². The first-order chi connectivity index (χ1) is 11.7. The first-order valence-electron chi connectivity index (χ1n) is 7.29. The molecule has 6 nitrogen and oxygen atoms in total. The molecule has 0 atom stereocenters. The van der Waals surface area contributed by atoms with Gasteiger partial charge in [-0.1, -0.05) is 12.1 Å². The number of hydrogen-bond acceptors (Lipinski definition) is 6. The van der Waals surface area contributed by atoms with E-state index in [4.69, 9.17) is 18.9 Å². The number of nitrogens with zero attached hydrogens (tertiary/aromatic N) is 1. The number of fused-ring (bicyclic) bond motifs is 1. The standard InChI is InChI=1S/C18H13NO5/c1-21-13-4-2-3-11(7-13)8-14-18(20)24-17(19-14)12-5-6-15-16(9-12)23-10-22-15/h2-9H,10H2,1H3. The number of ether oxygens (including phenoxy) is 4. The van der Waals surface area contributed by atoms with Gasteiger partial charge in [0, 0.05) is 5.56 Å². The summed E-state index contributed by atoms with van der Waals surface area (Å²) in [7, 11) is 1.59. The normalized spacial score (nSPS) is 17.0. The average Bonchev–Trinajstić information content (AvgIpc) is 3.21. The molecule has 0 saturated heterocycles. The molecule has 2 heterocycles. The third kappa shape index (κ3) is 2.58. The molecular weight excluding hydrogens is 310 g/mol. The lowest BCUT2D eigenvalue weighted by molar-refractivity contribution is -0.129. The molecule has 0 radical (unpaired) electrons. The van der Waals surface area contributed by atoms with Crippen LogP contribution in [-0.2, 0) is 9.53 Å². The van der Waals surface area contributed by atoms with Gasteiger partial charge in [0.05, 0.1) is 7.11 Å². The number of carbonyl (C=O) groups excluding carboxylic acids is 1. The summed E-state index contributed by atoms with van der Waals surface area (Å²) in [6.45, 7) is 0.187. The third-order valence-corrected chi connectivity index (χ3v) is 3.64. The third-order valence-electron chi connectivity index (χ3n) is 3.64. The summed E-state index contributed by atoms with van der Waals surface area (Å²) in [5.41, 5.74) is 1.69. The van der Waals surface area contributed by atoms with Gasteiger partial charge in [0.1, 0.15) is 5.75 Å². The highest BCUT2D eigenvalue weighted by atomic mass is 16.7. The Balaban J connectivity index is 1.66.